The number of rotatable bonds is 1. The third-order valence-electron chi connectivity index (χ3n) is 2.65. The van der Waals surface area contributed by atoms with Gasteiger partial charge in [-0.15, -0.1) is 0 Å². The van der Waals surface area contributed by atoms with Crippen molar-refractivity contribution in [3.63, 3.8) is 0 Å². The summed E-state index contributed by atoms with van der Waals surface area (Å²) in [7, 11) is 0. The maximum atomic E-state index is 14.2. The monoisotopic (exact) mass is 303 g/mol. The Bertz CT molecular complexity index is 757. The summed E-state index contributed by atoms with van der Waals surface area (Å²) >= 11 is 3.23. The fraction of sp³-hybridized carbons (Fsp3) is 0. The van der Waals surface area contributed by atoms with Crippen LogP contribution < -0.4 is 0 Å². The molecule has 88 valence electrons. The van der Waals surface area contributed by atoms with E-state index in [1.807, 2.05) is 30.3 Å². The Labute approximate surface area is 113 Å². The molecule has 0 saturated heterocycles. The molecule has 0 radical (unpaired) electrons. The van der Waals surface area contributed by atoms with Crippen LogP contribution in [0.1, 0.15) is 1.37 Å². The summed E-state index contributed by atoms with van der Waals surface area (Å²) in [4.78, 5) is 8.03. The van der Waals surface area contributed by atoms with Crippen LogP contribution in [0.4, 0.5) is 4.39 Å². The molecule has 0 unspecified atom stereocenters. The lowest BCUT2D eigenvalue weighted by Gasteiger charge is -2.06. The van der Waals surface area contributed by atoms with E-state index in [1.54, 1.807) is 6.07 Å². The minimum Gasteiger partial charge on any atom is -0.236 e. The van der Waals surface area contributed by atoms with E-state index in [9.17, 15) is 4.39 Å². The Morgan fingerprint density at radius 2 is 1.89 bits per heavy atom. The lowest BCUT2D eigenvalue weighted by atomic mass is 10.1. The van der Waals surface area contributed by atoms with Crippen molar-refractivity contribution in [3.05, 3.63) is 59.1 Å². The molecular formula is C14H8BrFN2. The van der Waals surface area contributed by atoms with Gasteiger partial charge in [0.1, 0.15) is 13.5 Å². The lowest BCUT2D eigenvalue weighted by molar-refractivity contribution is 0.638. The normalized spacial score (nSPS) is 11.6. The molecule has 1 heterocycles. The van der Waals surface area contributed by atoms with Crippen LogP contribution >= 0.6 is 15.9 Å². The standard InChI is InChI=1S/C14H8BrFN2/c15-10-6-11(16)13-12(7-10)17-8-18-14(13)9-4-2-1-3-5-9/h1-8H/i8D. The summed E-state index contributed by atoms with van der Waals surface area (Å²) in [5, 5.41) is 0.338. The van der Waals surface area contributed by atoms with Crippen molar-refractivity contribution in [1.29, 1.82) is 0 Å². The molecule has 0 atom stereocenters. The topological polar surface area (TPSA) is 25.8 Å². The second-order valence-electron chi connectivity index (χ2n) is 3.82. The smallest absolute Gasteiger partial charge is 0.135 e. The third-order valence-corrected chi connectivity index (χ3v) is 3.11. The van der Waals surface area contributed by atoms with Gasteiger partial charge in [-0.2, -0.15) is 0 Å². The number of aromatic nitrogens is 2. The highest BCUT2D eigenvalue weighted by atomic mass is 79.9. The van der Waals surface area contributed by atoms with Crippen molar-refractivity contribution < 1.29 is 5.76 Å². The summed E-state index contributed by atoms with van der Waals surface area (Å²) < 4.78 is 22.4. The van der Waals surface area contributed by atoms with Crippen molar-refractivity contribution in [3.8, 4) is 11.3 Å². The van der Waals surface area contributed by atoms with Gasteiger partial charge in [-0.25, -0.2) is 14.4 Å². The summed E-state index contributed by atoms with van der Waals surface area (Å²) in [6.45, 7) is 0. The predicted octanol–water partition coefficient (Wildman–Crippen LogP) is 4.20. The first-order valence-corrected chi connectivity index (χ1v) is 6.13. The van der Waals surface area contributed by atoms with Gasteiger partial charge in [-0.05, 0) is 12.1 Å². The Hall–Kier alpha value is -1.81. The van der Waals surface area contributed by atoms with Crippen LogP contribution in [0, 0.1) is 5.82 Å². The molecule has 1 aromatic heterocycles. The molecule has 0 amide bonds. The number of nitrogens with zero attached hydrogens (tertiary/aromatic N) is 2. The van der Waals surface area contributed by atoms with Crippen LogP contribution in [0.2, 0.25) is 0 Å². The number of hydrogen-bond donors (Lipinski definition) is 0. The minimum absolute atomic E-state index is 0.121. The van der Waals surface area contributed by atoms with Crippen LogP contribution in [-0.4, -0.2) is 9.97 Å². The molecule has 2 aromatic carbocycles. The molecule has 4 heteroatoms. The summed E-state index contributed by atoms with van der Waals surface area (Å²) in [6.07, 6.45) is -0.121. The van der Waals surface area contributed by atoms with Crippen molar-refractivity contribution in [1.82, 2.24) is 9.97 Å². The van der Waals surface area contributed by atoms with Gasteiger partial charge in [0.25, 0.3) is 0 Å². The molecule has 0 aliphatic rings. The van der Waals surface area contributed by atoms with E-state index >= 15 is 0 Å². The first-order valence-electron chi connectivity index (χ1n) is 5.84. The maximum Gasteiger partial charge on any atom is 0.135 e. The van der Waals surface area contributed by atoms with Crippen LogP contribution in [0.3, 0.4) is 0 Å². The molecule has 0 saturated carbocycles. The Morgan fingerprint density at radius 1 is 1.11 bits per heavy atom. The van der Waals surface area contributed by atoms with Crippen LogP contribution in [-0.2, 0) is 0 Å². The maximum absolute atomic E-state index is 14.2. The van der Waals surface area contributed by atoms with Gasteiger partial charge in [0, 0.05) is 10.0 Å². The summed E-state index contributed by atoms with van der Waals surface area (Å²) in [5.41, 5.74) is 1.64. The molecule has 3 rings (SSSR count). The fourth-order valence-corrected chi connectivity index (χ4v) is 2.29. The predicted molar refractivity (Wildman–Crippen MR) is 72.6 cm³/mol. The molecule has 0 N–H and O–H groups in total. The second-order valence-corrected chi connectivity index (χ2v) is 4.74. The van der Waals surface area contributed by atoms with E-state index in [0.717, 1.165) is 5.56 Å². The first-order chi connectivity index (χ1) is 9.15. The van der Waals surface area contributed by atoms with Gasteiger partial charge >= 0.3 is 0 Å². The average molecular weight is 304 g/mol. The largest absolute Gasteiger partial charge is 0.236 e. The molecule has 0 bridgehead atoms. The quantitative estimate of drug-likeness (QED) is 0.673. The van der Waals surface area contributed by atoms with Gasteiger partial charge in [0.15, 0.2) is 0 Å². The molecule has 0 spiro atoms. The van der Waals surface area contributed by atoms with Crippen LogP contribution in [0.5, 0.6) is 0 Å². The minimum atomic E-state index is -0.400. The number of fused-ring (bicyclic) bond motifs is 1. The molecular weight excluding hydrogens is 295 g/mol. The molecule has 2 nitrogen and oxygen atoms in total. The lowest BCUT2D eigenvalue weighted by Crippen LogP contribution is -1.92. The molecule has 0 fully saturated rings. The van der Waals surface area contributed by atoms with E-state index in [0.29, 0.717) is 21.1 Å². The second kappa shape index (κ2) is 4.46. The van der Waals surface area contributed by atoms with Crippen molar-refractivity contribution in [2.45, 2.75) is 0 Å². The molecule has 0 aliphatic heterocycles. The van der Waals surface area contributed by atoms with Gasteiger partial charge in [0.2, 0.25) is 0 Å². The van der Waals surface area contributed by atoms with E-state index in [1.165, 1.54) is 6.07 Å². The van der Waals surface area contributed by atoms with Crippen molar-refractivity contribution in [2.24, 2.45) is 0 Å². The van der Waals surface area contributed by atoms with Crippen molar-refractivity contribution >= 4 is 26.8 Å². The SMILES string of the molecule is [2H]c1nc(-c2ccccc2)c2c(F)cc(Br)cc2n1. The van der Waals surface area contributed by atoms with Gasteiger partial charge in [-0.1, -0.05) is 46.3 Å². The number of halogens is 2. The van der Waals surface area contributed by atoms with Crippen LogP contribution in [0.25, 0.3) is 22.2 Å². The highest BCUT2D eigenvalue weighted by Gasteiger charge is 2.11. The zero-order valence-electron chi connectivity index (χ0n) is 10.2. The van der Waals surface area contributed by atoms with E-state index in [4.69, 9.17) is 1.37 Å². The number of hydrogen-bond acceptors (Lipinski definition) is 2. The Morgan fingerprint density at radius 3 is 2.67 bits per heavy atom. The average Bonchev–Trinajstić information content (AvgIpc) is 2.38. The molecule has 0 aliphatic carbocycles. The van der Waals surface area contributed by atoms with E-state index < -0.39 is 5.82 Å². The third kappa shape index (κ3) is 1.88. The zero-order chi connectivity index (χ0) is 13.4. The molecule has 3 aromatic rings. The van der Waals surface area contributed by atoms with Gasteiger partial charge in [0.05, 0.1) is 16.6 Å². The zero-order valence-corrected chi connectivity index (χ0v) is 10.8. The summed E-state index contributed by atoms with van der Waals surface area (Å²) in [6, 6.07) is 12.3. The van der Waals surface area contributed by atoms with Crippen molar-refractivity contribution in [2.75, 3.05) is 0 Å². The Balaban J connectivity index is 2.42. The first kappa shape index (κ1) is 10.1. The molecule has 18 heavy (non-hydrogen) atoms. The number of benzene rings is 2. The summed E-state index contributed by atoms with van der Waals surface area (Å²) in [5.74, 6) is -0.400. The van der Waals surface area contributed by atoms with Gasteiger partial charge in [-0.3, -0.25) is 0 Å². The van der Waals surface area contributed by atoms with Gasteiger partial charge < -0.3 is 0 Å². The van der Waals surface area contributed by atoms with Crippen LogP contribution in [0.15, 0.2) is 53.2 Å². The Kier molecular flexibility index (Phi) is 2.51. The highest BCUT2D eigenvalue weighted by molar-refractivity contribution is 9.10. The van der Waals surface area contributed by atoms with E-state index in [2.05, 4.69) is 25.9 Å². The fourth-order valence-electron chi connectivity index (χ4n) is 1.87. The van der Waals surface area contributed by atoms with E-state index in [-0.39, 0.29) is 6.30 Å². The highest BCUT2D eigenvalue weighted by Crippen LogP contribution is 2.29.